The second-order valence-corrected chi connectivity index (χ2v) is 1.27. The molecule has 0 aromatic heterocycles. The highest BCUT2D eigenvalue weighted by Crippen LogP contribution is 1.67. The Kier molecular flexibility index (Phi) is 5.99. The van der Waals surface area contributed by atoms with E-state index in [4.69, 9.17) is 0 Å². The van der Waals surface area contributed by atoms with Crippen molar-refractivity contribution in [3.05, 3.63) is 18.7 Å². The molecule has 0 aliphatic heterocycles. The van der Waals surface area contributed by atoms with Gasteiger partial charge in [-0.05, 0) is 25.1 Å². The number of hydrogen-bond acceptors (Lipinski definition) is 2. The van der Waals surface area contributed by atoms with E-state index in [9.17, 15) is 0 Å². The van der Waals surface area contributed by atoms with Crippen molar-refractivity contribution in [2.75, 3.05) is 6.67 Å². The second-order valence-electron chi connectivity index (χ2n) is 1.27. The van der Waals surface area contributed by atoms with Gasteiger partial charge >= 0.3 is 0 Å². The molecule has 0 bridgehead atoms. The molecule has 48 valence electrons. The summed E-state index contributed by atoms with van der Waals surface area (Å²) in [7, 11) is 0. The fourth-order valence-corrected chi connectivity index (χ4v) is 0.269. The van der Waals surface area contributed by atoms with E-state index in [0.717, 1.165) is 0 Å². The molecule has 0 heterocycles. The summed E-state index contributed by atoms with van der Waals surface area (Å²) in [5.74, 6) is 2.64. The van der Waals surface area contributed by atoms with Crippen molar-refractivity contribution >= 4 is 12.1 Å². The van der Waals surface area contributed by atoms with Crippen LogP contribution in [0.5, 0.6) is 0 Å². The molecule has 0 rings (SSSR count). The molecule has 0 aromatic rings. The van der Waals surface area contributed by atoms with Gasteiger partial charge in [0.15, 0.2) is 0 Å². The minimum atomic E-state index is 0.459. The first-order valence-corrected chi connectivity index (χ1v) is 2.72. The summed E-state index contributed by atoms with van der Waals surface area (Å²) in [5.41, 5.74) is 0. The molecule has 0 aliphatic rings. The summed E-state index contributed by atoms with van der Waals surface area (Å²) in [6, 6.07) is 0. The van der Waals surface area contributed by atoms with Gasteiger partial charge in [-0.2, -0.15) is 0 Å². The fourth-order valence-electron chi connectivity index (χ4n) is 0.269. The molecule has 0 aromatic carbocycles. The summed E-state index contributed by atoms with van der Waals surface area (Å²) >= 11 is 0. The standard InChI is InChI=1S/C7H10N2/c1-3-5-6-9-7-8-4-2/h3-5H,1,7H2,2H3. The summed E-state index contributed by atoms with van der Waals surface area (Å²) in [6.45, 7) is 5.78. The molecule has 0 spiro atoms. The lowest BCUT2D eigenvalue weighted by Crippen LogP contribution is -1.69. The normalized spacial score (nSPS) is 8.56. The maximum atomic E-state index is 3.84. The quantitative estimate of drug-likeness (QED) is 0.400. The molecule has 0 radical (unpaired) electrons. The zero-order chi connectivity index (χ0) is 6.95. The van der Waals surface area contributed by atoms with Crippen LogP contribution in [0, 0.1) is 0 Å². The van der Waals surface area contributed by atoms with Crippen molar-refractivity contribution in [3.63, 3.8) is 0 Å². The highest BCUT2D eigenvalue weighted by molar-refractivity contribution is 5.55. The molecule has 0 unspecified atom stereocenters. The monoisotopic (exact) mass is 122 g/mol. The number of allylic oxidation sites excluding steroid dienone is 2. The average Bonchev–Trinajstić information content (AvgIpc) is 1.89. The van der Waals surface area contributed by atoms with Gasteiger partial charge in [0.05, 0.1) is 0 Å². The third-order valence-corrected chi connectivity index (χ3v) is 0.619. The van der Waals surface area contributed by atoms with Crippen molar-refractivity contribution < 1.29 is 0 Å². The van der Waals surface area contributed by atoms with Crippen molar-refractivity contribution in [1.29, 1.82) is 0 Å². The first-order valence-electron chi connectivity index (χ1n) is 2.72. The first kappa shape index (κ1) is 7.86. The predicted octanol–water partition coefficient (Wildman–Crippen LogP) is 1.45. The summed E-state index contributed by atoms with van der Waals surface area (Å²) in [6.07, 6.45) is 4.98. The summed E-state index contributed by atoms with van der Waals surface area (Å²) < 4.78 is 0. The van der Waals surface area contributed by atoms with Gasteiger partial charge in [0.2, 0.25) is 0 Å². The van der Waals surface area contributed by atoms with Crippen LogP contribution in [0.4, 0.5) is 0 Å². The fraction of sp³-hybridized carbons (Fsp3) is 0.286. The SMILES string of the molecule is C=CC=C=NCN=CC. The minimum Gasteiger partial charge on any atom is -0.274 e. The van der Waals surface area contributed by atoms with Crippen LogP contribution < -0.4 is 0 Å². The van der Waals surface area contributed by atoms with Crippen LogP contribution >= 0.6 is 0 Å². The van der Waals surface area contributed by atoms with Crippen LogP contribution in [0.3, 0.4) is 0 Å². The average molecular weight is 122 g/mol. The summed E-state index contributed by atoms with van der Waals surface area (Å²) in [5, 5.41) is 0. The Morgan fingerprint density at radius 3 is 3.00 bits per heavy atom. The van der Waals surface area contributed by atoms with Gasteiger partial charge < -0.3 is 0 Å². The van der Waals surface area contributed by atoms with Crippen LogP contribution in [-0.2, 0) is 0 Å². The van der Waals surface area contributed by atoms with E-state index in [0.29, 0.717) is 6.67 Å². The molecule has 2 heteroatoms. The van der Waals surface area contributed by atoms with E-state index < -0.39 is 0 Å². The number of aliphatic imine (C=N–C) groups is 2. The maximum Gasteiger partial charge on any atom is 0.138 e. The second kappa shape index (κ2) is 6.86. The van der Waals surface area contributed by atoms with E-state index in [2.05, 4.69) is 22.4 Å². The molecular weight excluding hydrogens is 112 g/mol. The van der Waals surface area contributed by atoms with Crippen molar-refractivity contribution in [2.24, 2.45) is 9.98 Å². The molecule has 0 fully saturated rings. The Labute approximate surface area is 55.3 Å². The molecular formula is C7H10N2. The Morgan fingerprint density at radius 2 is 2.44 bits per heavy atom. The first-order chi connectivity index (χ1) is 4.41. The van der Waals surface area contributed by atoms with Crippen LogP contribution in [0.15, 0.2) is 28.7 Å². The Balaban J connectivity index is 3.46. The molecule has 0 saturated carbocycles. The number of hydrogen-bond donors (Lipinski definition) is 0. The lowest BCUT2D eigenvalue weighted by molar-refractivity contribution is 1.08. The van der Waals surface area contributed by atoms with Crippen molar-refractivity contribution in [3.8, 4) is 0 Å². The van der Waals surface area contributed by atoms with Crippen LogP contribution in [0.25, 0.3) is 0 Å². The highest BCUT2D eigenvalue weighted by atomic mass is 14.9. The third kappa shape index (κ3) is 6.86. The molecule has 0 atom stereocenters. The van der Waals surface area contributed by atoms with E-state index in [-0.39, 0.29) is 0 Å². The molecule has 0 N–H and O–H groups in total. The predicted molar refractivity (Wildman–Crippen MR) is 41.2 cm³/mol. The molecule has 9 heavy (non-hydrogen) atoms. The van der Waals surface area contributed by atoms with Crippen molar-refractivity contribution in [1.82, 2.24) is 0 Å². The van der Waals surface area contributed by atoms with E-state index >= 15 is 0 Å². The Bertz CT molecular complexity index is 150. The molecule has 0 amide bonds. The van der Waals surface area contributed by atoms with E-state index in [1.165, 1.54) is 0 Å². The minimum absolute atomic E-state index is 0.459. The topological polar surface area (TPSA) is 24.7 Å². The van der Waals surface area contributed by atoms with Crippen molar-refractivity contribution in [2.45, 2.75) is 6.92 Å². The van der Waals surface area contributed by atoms with Gasteiger partial charge in [0.25, 0.3) is 0 Å². The van der Waals surface area contributed by atoms with Gasteiger partial charge in [-0.3, -0.25) is 4.99 Å². The Hall–Kier alpha value is -1.14. The largest absolute Gasteiger partial charge is 0.274 e. The zero-order valence-corrected chi connectivity index (χ0v) is 5.54. The van der Waals surface area contributed by atoms with Crippen LogP contribution in [0.1, 0.15) is 6.92 Å². The van der Waals surface area contributed by atoms with Gasteiger partial charge in [-0.25, -0.2) is 4.99 Å². The van der Waals surface area contributed by atoms with Crippen LogP contribution in [-0.4, -0.2) is 18.8 Å². The highest BCUT2D eigenvalue weighted by Gasteiger charge is 1.61. The van der Waals surface area contributed by atoms with E-state index in [1.54, 1.807) is 18.4 Å². The van der Waals surface area contributed by atoms with E-state index in [1.807, 2.05) is 6.92 Å². The van der Waals surface area contributed by atoms with Gasteiger partial charge in [0, 0.05) is 0 Å². The maximum absolute atomic E-state index is 3.84. The molecule has 0 aliphatic carbocycles. The summed E-state index contributed by atoms with van der Waals surface area (Å²) in [4.78, 5) is 7.61. The lowest BCUT2D eigenvalue weighted by atomic mass is 10.6. The van der Waals surface area contributed by atoms with Gasteiger partial charge in [-0.15, -0.1) is 0 Å². The zero-order valence-electron chi connectivity index (χ0n) is 5.54. The molecule has 0 saturated heterocycles. The smallest absolute Gasteiger partial charge is 0.138 e. The van der Waals surface area contributed by atoms with Crippen LogP contribution in [0.2, 0.25) is 0 Å². The lowest BCUT2D eigenvalue weighted by Gasteiger charge is -1.74. The molecule has 2 nitrogen and oxygen atoms in total. The number of rotatable bonds is 3. The van der Waals surface area contributed by atoms with Gasteiger partial charge in [0.1, 0.15) is 6.67 Å². The Morgan fingerprint density at radius 1 is 1.67 bits per heavy atom. The third-order valence-electron chi connectivity index (χ3n) is 0.619. The van der Waals surface area contributed by atoms with Gasteiger partial charge in [-0.1, -0.05) is 12.7 Å². The number of nitrogens with zero attached hydrogens (tertiary/aromatic N) is 2.